The zero-order chi connectivity index (χ0) is 18.7. The molecule has 0 aliphatic carbocycles. The molecule has 1 aromatic carbocycles. The van der Waals surface area contributed by atoms with Crippen molar-refractivity contribution in [3.63, 3.8) is 0 Å². The first kappa shape index (κ1) is 18.8. The van der Waals surface area contributed by atoms with Gasteiger partial charge in [-0.1, -0.05) is 26.0 Å². The van der Waals surface area contributed by atoms with Crippen molar-refractivity contribution in [3.8, 4) is 5.75 Å². The fourth-order valence-corrected chi connectivity index (χ4v) is 4.67. The Morgan fingerprint density at radius 1 is 1.23 bits per heavy atom. The second kappa shape index (κ2) is 7.75. The average Bonchev–Trinajstić information content (AvgIpc) is 3.13. The molecule has 1 aliphatic rings. The van der Waals surface area contributed by atoms with E-state index in [2.05, 4.69) is 10.2 Å². The number of benzene rings is 1. The number of hydrogen-bond donors (Lipinski definition) is 0. The van der Waals surface area contributed by atoms with Crippen LogP contribution in [0, 0.1) is 0 Å². The summed E-state index contributed by atoms with van der Waals surface area (Å²) in [5, 5.41) is 8.21. The lowest BCUT2D eigenvalue weighted by molar-refractivity contribution is 0.282. The van der Waals surface area contributed by atoms with E-state index in [4.69, 9.17) is 9.15 Å². The van der Waals surface area contributed by atoms with Crippen molar-refractivity contribution in [2.75, 3.05) is 19.7 Å². The van der Waals surface area contributed by atoms with Gasteiger partial charge in [0.1, 0.15) is 10.6 Å². The Kier molecular flexibility index (Phi) is 5.62. The van der Waals surface area contributed by atoms with Gasteiger partial charge in [-0.25, -0.2) is 8.42 Å². The van der Waals surface area contributed by atoms with Crippen molar-refractivity contribution in [2.45, 2.75) is 50.3 Å². The molecule has 3 rings (SSSR count). The minimum atomic E-state index is -3.59. The molecule has 26 heavy (non-hydrogen) atoms. The molecule has 8 heteroatoms. The van der Waals surface area contributed by atoms with Crippen molar-refractivity contribution in [1.29, 1.82) is 0 Å². The molecule has 0 atom stereocenters. The third-order valence-corrected chi connectivity index (χ3v) is 6.46. The highest BCUT2D eigenvalue weighted by atomic mass is 32.2. The lowest BCUT2D eigenvalue weighted by atomic mass is 9.98. The topological polar surface area (TPSA) is 85.5 Å². The maximum atomic E-state index is 13.0. The van der Waals surface area contributed by atoms with Gasteiger partial charge in [0.15, 0.2) is 0 Å². The molecule has 7 nitrogen and oxygen atoms in total. The van der Waals surface area contributed by atoms with Crippen LogP contribution < -0.4 is 4.74 Å². The number of piperidine rings is 1. The first-order chi connectivity index (χ1) is 12.4. The van der Waals surface area contributed by atoms with E-state index in [1.807, 2.05) is 20.8 Å². The molecular weight excluding hydrogens is 354 g/mol. The van der Waals surface area contributed by atoms with Crippen LogP contribution in [0.2, 0.25) is 0 Å². The van der Waals surface area contributed by atoms with Gasteiger partial charge in [0.25, 0.3) is 0 Å². The van der Waals surface area contributed by atoms with Gasteiger partial charge in [-0.05, 0) is 31.9 Å². The third kappa shape index (κ3) is 3.76. The van der Waals surface area contributed by atoms with Crippen LogP contribution >= 0.6 is 0 Å². The molecule has 0 radical (unpaired) electrons. The lowest BCUT2D eigenvalue weighted by Crippen LogP contribution is -2.38. The van der Waals surface area contributed by atoms with Gasteiger partial charge in [-0.15, -0.1) is 10.2 Å². The Bertz CT molecular complexity index is 840. The standard InChI is InChI=1S/C18H25N3O4S/c1-4-24-15-7-5-6-8-16(15)26(22,23)21-11-9-14(10-12-21)18-20-19-17(25-18)13(2)3/h5-8,13-14H,4,9-12H2,1-3H3. The van der Waals surface area contributed by atoms with E-state index in [-0.39, 0.29) is 16.7 Å². The second-order valence-electron chi connectivity index (χ2n) is 6.69. The molecule has 0 saturated carbocycles. The smallest absolute Gasteiger partial charge is 0.246 e. The highest BCUT2D eigenvalue weighted by Gasteiger charge is 2.33. The van der Waals surface area contributed by atoms with E-state index in [0.29, 0.717) is 50.1 Å². The Morgan fingerprint density at radius 3 is 2.54 bits per heavy atom. The molecule has 0 unspecified atom stereocenters. The van der Waals surface area contributed by atoms with Crippen LogP contribution in [-0.2, 0) is 10.0 Å². The minimum Gasteiger partial charge on any atom is -0.492 e. The van der Waals surface area contributed by atoms with Crippen molar-refractivity contribution in [1.82, 2.24) is 14.5 Å². The number of sulfonamides is 1. The molecule has 1 fully saturated rings. The molecule has 1 aliphatic heterocycles. The largest absolute Gasteiger partial charge is 0.492 e. The summed E-state index contributed by atoms with van der Waals surface area (Å²) in [5.41, 5.74) is 0. The monoisotopic (exact) mass is 379 g/mol. The first-order valence-corrected chi connectivity index (χ1v) is 10.4. The van der Waals surface area contributed by atoms with Crippen molar-refractivity contribution in [3.05, 3.63) is 36.0 Å². The van der Waals surface area contributed by atoms with Crippen molar-refractivity contribution < 1.29 is 17.6 Å². The molecule has 142 valence electrons. The van der Waals surface area contributed by atoms with Gasteiger partial charge in [0.2, 0.25) is 21.8 Å². The Hall–Kier alpha value is -1.93. The van der Waals surface area contributed by atoms with Gasteiger partial charge in [0, 0.05) is 24.9 Å². The normalized spacial score (nSPS) is 16.9. The predicted octanol–water partition coefficient (Wildman–Crippen LogP) is 3.16. The zero-order valence-corrected chi connectivity index (χ0v) is 16.2. The summed E-state index contributed by atoms with van der Waals surface area (Å²) in [4.78, 5) is 0.222. The number of nitrogens with zero attached hydrogens (tertiary/aromatic N) is 3. The fraction of sp³-hybridized carbons (Fsp3) is 0.556. The summed E-state index contributed by atoms with van der Waals surface area (Å²) >= 11 is 0. The number of ether oxygens (including phenoxy) is 1. The van der Waals surface area contributed by atoms with Gasteiger partial charge in [-0.3, -0.25) is 0 Å². The number of para-hydroxylation sites is 1. The molecule has 0 spiro atoms. The third-order valence-electron chi connectivity index (χ3n) is 4.52. The highest BCUT2D eigenvalue weighted by Crippen LogP contribution is 2.33. The van der Waals surface area contributed by atoms with Gasteiger partial charge in [0.05, 0.1) is 6.61 Å². The lowest BCUT2D eigenvalue weighted by Gasteiger charge is -2.30. The fourth-order valence-electron chi connectivity index (χ4n) is 3.07. The van der Waals surface area contributed by atoms with Crippen LogP contribution in [0.5, 0.6) is 5.75 Å². The van der Waals surface area contributed by atoms with Crippen molar-refractivity contribution in [2.24, 2.45) is 0 Å². The van der Waals surface area contributed by atoms with E-state index in [9.17, 15) is 8.42 Å². The molecular formula is C18H25N3O4S. The van der Waals surface area contributed by atoms with Crippen LogP contribution in [0.3, 0.4) is 0 Å². The van der Waals surface area contributed by atoms with Gasteiger partial charge >= 0.3 is 0 Å². The molecule has 2 heterocycles. The molecule has 1 aromatic heterocycles. The van der Waals surface area contributed by atoms with Crippen LogP contribution in [0.25, 0.3) is 0 Å². The number of rotatable bonds is 6. The van der Waals surface area contributed by atoms with E-state index in [1.165, 1.54) is 4.31 Å². The van der Waals surface area contributed by atoms with Gasteiger partial charge in [-0.2, -0.15) is 4.31 Å². The summed E-state index contributed by atoms with van der Waals surface area (Å²) in [6.45, 7) is 7.11. The summed E-state index contributed by atoms with van der Waals surface area (Å²) in [6, 6.07) is 6.78. The molecule has 2 aromatic rings. The molecule has 1 saturated heterocycles. The predicted molar refractivity (Wildman–Crippen MR) is 96.7 cm³/mol. The molecule has 0 bridgehead atoms. The Balaban J connectivity index is 1.72. The summed E-state index contributed by atoms with van der Waals surface area (Å²) in [7, 11) is -3.59. The van der Waals surface area contributed by atoms with Crippen LogP contribution in [0.4, 0.5) is 0 Å². The van der Waals surface area contributed by atoms with E-state index in [1.54, 1.807) is 24.3 Å². The molecule has 0 N–H and O–H groups in total. The SMILES string of the molecule is CCOc1ccccc1S(=O)(=O)N1CCC(c2nnc(C(C)C)o2)CC1. The van der Waals surface area contributed by atoms with Crippen LogP contribution in [-0.4, -0.2) is 42.6 Å². The molecule has 0 amide bonds. The van der Waals surface area contributed by atoms with Crippen LogP contribution in [0.1, 0.15) is 57.2 Å². The van der Waals surface area contributed by atoms with E-state index in [0.717, 1.165) is 0 Å². The second-order valence-corrected chi connectivity index (χ2v) is 8.60. The average molecular weight is 379 g/mol. The Morgan fingerprint density at radius 2 is 1.92 bits per heavy atom. The van der Waals surface area contributed by atoms with Crippen LogP contribution in [0.15, 0.2) is 33.6 Å². The van der Waals surface area contributed by atoms with Gasteiger partial charge < -0.3 is 9.15 Å². The highest BCUT2D eigenvalue weighted by molar-refractivity contribution is 7.89. The maximum Gasteiger partial charge on any atom is 0.246 e. The van der Waals surface area contributed by atoms with E-state index >= 15 is 0 Å². The summed E-state index contributed by atoms with van der Waals surface area (Å²) in [6.07, 6.45) is 1.32. The number of aromatic nitrogens is 2. The van der Waals surface area contributed by atoms with Crippen molar-refractivity contribution >= 4 is 10.0 Å². The number of hydrogen-bond acceptors (Lipinski definition) is 6. The summed E-state index contributed by atoms with van der Waals surface area (Å²) < 4.78 is 38.8. The zero-order valence-electron chi connectivity index (χ0n) is 15.4. The first-order valence-electron chi connectivity index (χ1n) is 8.98. The van der Waals surface area contributed by atoms with E-state index < -0.39 is 10.0 Å². The summed E-state index contributed by atoms with van der Waals surface area (Å²) in [5.74, 6) is 1.92. The minimum absolute atomic E-state index is 0.101. The quantitative estimate of drug-likeness (QED) is 0.766. The maximum absolute atomic E-state index is 13.0. The Labute approximate surface area is 154 Å².